The van der Waals surface area contributed by atoms with Crippen LogP contribution in [0.25, 0.3) is 0 Å². The van der Waals surface area contributed by atoms with E-state index in [4.69, 9.17) is 0 Å². The van der Waals surface area contributed by atoms with Crippen LogP contribution >= 0.6 is 11.9 Å². The average molecular weight is 293 g/mol. The fourth-order valence-electron chi connectivity index (χ4n) is 2.58. The molecule has 0 atom stereocenters. The van der Waals surface area contributed by atoms with E-state index in [1.165, 1.54) is 37.9 Å². The normalized spacial score (nSPS) is 16.1. The van der Waals surface area contributed by atoms with Gasteiger partial charge in [-0.05, 0) is 50.0 Å². The van der Waals surface area contributed by atoms with Gasteiger partial charge in [-0.15, -0.1) is 4.91 Å². The molecule has 2 rings (SSSR count). The molecule has 0 aliphatic carbocycles. The maximum Gasteiger partial charge on any atom is 0.0592 e. The Labute approximate surface area is 125 Å². The highest BCUT2D eigenvalue weighted by atomic mass is 32.2. The molecule has 0 spiro atoms. The largest absolute Gasteiger partial charge is 0.383 e. The predicted octanol–water partition coefficient (Wildman–Crippen LogP) is 3.92. The number of rotatable bonds is 7. The van der Waals surface area contributed by atoms with Gasteiger partial charge in [0.25, 0.3) is 0 Å². The standard InChI is InChI=1S/C15H23N3OS/c1-2-13-6-7-14(15(12-13)20-17-19)16-8-11-18-9-4-3-5-10-18/h6-7,12,16H,2-5,8-11H2,1H3. The summed E-state index contributed by atoms with van der Waals surface area (Å²) in [7, 11) is 0. The van der Waals surface area contributed by atoms with Gasteiger partial charge < -0.3 is 10.2 Å². The number of anilines is 1. The summed E-state index contributed by atoms with van der Waals surface area (Å²) < 4.78 is 2.96. The van der Waals surface area contributed by atoms with Gasteiger partial charge >= 0.3 is 0 Å². The molecule has 0 bridgehead atoms. The molecular weight excluding hydrogens is 270 g/mol. The minimum absolute atomic E-state index is 0.915. The van der Waals surface area contributed by atoms with E-state index < -0.39 is 0 Å². The van der Waals surface area contributed by atoms with E-state index in [0.29, 0.717) is 0 Å². The van der Waals surface area contributed by atoms with Gasteiger partial charge in [-0.25, -0.2) is 0 Å². The van der Waals surface area contributed by atoms with E-state index in [-0.39, 0.29) is 0 Å². The molecule has 1 aliphatic rings. The number of nitroso groups, excluding NO2 is 1. The lowest BCUT2D eigenvalue weighted by molar-refractivity contribution is 0.237. The Hall–Kier alpha value is -1.07. The van der Waals surface area contributed by atoms with Gasteiger partial charge in [0.05, 0.1) is 16.8 Å². The van der Waals surface area contributed by atoms with Crippen LogP contribution < -0.4 is 5.32 Å². The zero-order valence-electron chi connectivity index (χ0n) is 12.1. The SMILES string of the molecule is CCc1ccc(NCCN2CCCCC2)c(SN=O)c1. The highest BCUT2D eigenvalue weighted by molar-refractivity contribution is 7.98. The molecule has 1 saturated heterocycles. The van der Waals surface area contributed by atoms with Crippen LogP contribution in [0.5, 0.6) is 0 Å². The zero-order valence-corrected chi connectivity index (χ0v) is 12.9. The van der Waals surface area contributed by atoms with Crippen molar-refractivity contribution in [2.24, 2.45) is 4.58 Å². The Kier molecular flexibility index (Phi) is 6.33. The lowest BCUT2D eigenvalue weighted by atomic mass is 10.1. The topological polar surface area (TPSA) is 44.7 Å². The third-order valence-corrected chi connectivity index (χ3v) is 4.39. The van der Waals surface area contributed by atoms with Crippen molar-refractivity contribution in [1.82, 2.24) is 4.90 Å². The summed E-state index contributed by atoms with van der Waals surface area (Å²) in [5.41, 5.74) is 2.25. The van der Waals surface area contributed by atoms with Crippen LogP contribution in [0, 0.1) is 4.91 Å². The van der Waals surface area contributed by atoms with E-state index in [1.807, 2.05) is 0 Å². The molecule has 5 heteroatoms. The van der Waals surface area contributed by atoms with Crippen molar-refractivity contribution in [1.29, 1.82) is 0 Å². The fraction of sp³-hybridized carbons (Fsp3) is 0.600. The van der Waals surface area contributed by atoms with Gasteiger partial charge in [-0.3, -0.25) is 0 Å². The summed E-state index contributed by atoms with van der Waals surface area (Å²) >= 11 is 1.01. The first kappa shape index (κ1) is 15.3. The summed E-state index contributed by atoms with van der Waals surface area (Å²) in [6.45, 7) is 6.52. The number of hydrogen-bond acceptors (Lipinski definition) is 5. The quantitative estimate of drug-likeness (QED) is 0.611. The molecule has 1 aliphatic heterocycles. The Bertz CT molecular complexity index is 433. The molecule has 0 amide bonds. The van der Waals surface area contributed by atoms with E-state index in [1.54, 1.807) is 0 Å². The molecular formula is C15H23N3OS. The van der Waals surface area contributed by atoms with Crippen molar-refractivity contribution >= 4 is 17.6 Å². The van der Waals surface area contributed by atoms with Crippen molar-refractivity contribution in [2.75, 3.05) is 31.5 Å². The van der Waals surface area contributed by atoms with E-state index in [2.05, 4.69) is 39.9 Å². The van der Waals surface area contributed by atoms with Crippen LogP contribution in [0.4, 0.5) is 5.69 Å². The predicted molar refractivity (Wildman–Crippen MR) is 86.3 cm³/mol. The van der Waals surface area contributed by atoms with E-state index in [0.717, 1.165) is 42.0 Å². The summed E-state index contributed by atoms with van der Waals surface area (Å²) in [6.07, 6.45) is 4.98. The third kappa shape index (κ3) is 4.49. The molecule has 20 heavy (non-hydrogen) atoms. The summed E-state index contributed by atoms with van der Waals surface area (Å²) in [4.78, 5) is 14.0. The first-order valence-corrected chi connectivity index (χ1v) is 8.19. The molecule has 0 saturated carbocycles. The molecule has 1 heterocycles. The van der Waals surface area contributed by atoms with Crippen molar-refractivity contribution in [2.45, 2.75) is 37.5 Å². The van der Waals surface area contributed by atoms with E-state index in [9.17, 15) is 4.91 Å². The molecule has 0 radical (unpaired) electrons. The second kappa shape index (κ2) is 8.27. The Morgan fingerprint density at radius 1 is 1.30 bits per heavy atom. The van der Waals surface area contributed by atoms with Gasteiger partial charge in [-0.2, -0.15) is 0 Å². The van der Waals surface area contributed by atoms with Crippen LogP contribution in [0.1, 0.15) is 31.7 Å². The smallest absolute Gasteiger partial charge is 0.0592 e. The first-order chi connectivity index (χ1) is 9.83. The van der Waals surface area contributed by atoms with Crippen molar-refractivity contribution < 1.29 is 0 Å². The number of nitrogens with one attached hydrogen (secondary N) is 1. The average Bonchev–Trinajstić information content (AvgIpc) is 2.50. The van der Waals surface area contributed by atoms with Crippen LogP contribution in [-0.2, 0) is 6.42 Å². The highest BCUT2D eigenvalue weighted by Gasteiger charge is 2.10. The molecule has 110 valence electrons. The number of nitrogens with zero attached hydrogens (tertiary/aromatic N) is 2. The second-order valence-electron chi connectivity index (χ2n) is 5.18. The molecule has 1 aromatic rings. The molecule has 1 N–H and O–H groups in total. The zero-order chi connectivity index (χ0) is 14.2. The summed E-state index contributed by atoms with van der Waals surface area (Å²) in [6, 6.07) is 6.22. The summed E-state index contributed by atoms with van der Waals surface area (Å²) in [5.74, 6) is 0. The van der Waals surface area contributed by atoms with Crippen LogP contribution in [0.3, 0.4) is 0 Å². The lowest BCUT2D eigenvalue weighted by Crippen LogP contribution is -2.33. The number of hydrogen-bond donors (Lipinski definition) is 1. The summed E-state index contributed by atoms with van der Waals surface area (Å²) in [5, 5.41) is 3.44. The monoisotopic (exact) mass is 293 g/mol. The highest BCUT2D eigenvalue weighted by Crippen LogP contribution is 2.29. The van der Waals surface area contributed by atoms with Crippen LogP contribution in [-0.4, -0.2) is 31.1 Å². The van der Waals surface area contributed by atoms with Gasteiger partial charge in [0.2, 0.25) is 0 Å². The molecule has 0 aromatic heterocycles. The minimum Gasteiger partial charge on any atom is -0.383 e. The van der Waals surface area contributed by atoms with Crippen LogP contribution in [0.15, 0.2) is 27.7 Å². The number of benzene rings is 1. The number of aryl methyl sites for hydroxylation is 1. The van der Waals surface area contributed by atoms with Gasteiger partial charge in [-0.1, -0.05) is 19.4 Å². The van der Waals surface area contributed by atoms with Crippen LogP contribution in [0.2, 0.25) is 0 Å². The second-order valence-corrected chi connectivity index (χ2v) is 5.95. The van der Waals surface area contributed by atoms with Crippen molar-refractivity contribution in [3.05, 3.63) is 28.7 Å². The first-order valence-electron chi connectivity index (χ1n) is 7.42. The lowest BCUT2D eigenvalue weighted by Gasteiger charge is -2.26. The Morgan fingerprint density at radius 2 is 2.10 bits per heavy atom. The fourth-order valence-corrected chi connectivity index (χ4v) is 3.10. The molecule has 0 unspecified atom stereocenters. The maximum absolute atomic E-state index is 10.5. The number of piperidine rings is 1. The van der Waals surface area contributed by atoms with E-state index >= 15 is 0 Å². The molecule has 4 nitrogen and oxygen atoms in total. The Morgan fingerprint density at radius 3 is 2.80 bits per heavy atom. The van der Waals surface area contributed by atoms with Crippen molar-refractivity contribution in [3.63, 3.8) is 0 Å². The molecule has 1 fully saturated rings. The number of likely N-dealkylation sites (tertiary alicyclic amines) is 1. The van der Waals surface area contributed by atoms with Crippen molar-refractivity contribution in [3.8, 4) is 0 Å². The van der Waals surface area contributed by atoms with Gasteiger partial charge in [0, 0.05) is 23.4 Å². The molecule has 1 aromatic carbocycles. The van der Waals surface area contributed by atoms with Gasteiger partial charge in [0.1, 0.15) is 0 Å². The third-order valence-electron chi connectivity index (χ3n) is 3.78. The Balaban J connectivity index is 1.88. The maximum atomic E-state index is 10.5. The minimum atomic E-state index is 0.915. The van der Waals surface area contributed by atoms with Gasteiger partial charge in [0.15, 0.2) is 0 Å².